The van der Waals surface area contributed by atoms with Gasteiger partial charge >= 0.3 is 0 Å². The maximum atomic E-state index is 5.80. The maximum Gasteiger partial charge on any atom is 0.135 e. The molecule has 0 radical (unpaired) electrons. The van der Waals surface area contributed by atoms with Crippen molar-refractivity contribution >= 4 is 0 Å². The third kappa shape index (κ3) is 2.82. The Balaban J connectivity index is 2.52. The third-order valence-electron chi connectivity index (χ3n) is 3.44. The molecule has 1 heterocycles. The Labute approximate surface area is 114 Å². The lowest BCUT2D eigenvalue weighted by atomic mass is 9.92. The molecule has 0 aliphatic carbocycles. The lowest BCUT2D eigenvalue weighted by Gasteiger charge is -2.21. The number of nitrogens with two attached hydrogens (primary N) is 1. The van der Waals surface area contributed by atoms with E-state index in [1.54, 1.807) is 0 Å². The number of aromatic nitrogens is 2. The van der Waals surface area contributed by atoms with Crippen molar-refractivity contribution in [1.82, 2.24) is 9.97 Å². The van der Waals surface area contributed by atoms with Crippen molar-refractivity contribution in [2.75, 3.05) is 6.54 Å². The molecular formula is C16H21N3. The monoisotopic (exact) mass is 255 g/mol. The first kappa shape index (κ1) is 13.7. The Hall–Kier alpha value is -1.74. The highest BCUT2D eigenvalue weighted by Gasteiger charge is 2.22. The second kappa shape index (κ2) is 5.10. The Morgan fingerprint density at radius 1 is 1.16 bits per heavy atom. The van der Waals surface area contributed by atoms with Crippen LogP contribution in [0.3, 0.4) is 0 Å². The van der Waals surface area contributed by atoms with Crippen LogP contribution in [0, 0.1) is 13.8 Å². The van der Waals surface area contributed by atoms with Gasteiger partial charge in [-0.15, -0.1) is 0 Å². The van der Waals surface area contributed by atoms with Gasteiger partial charge in [-0.05, 0) is 31.5 Å². The molecule has 0 aliphatic heterocycles. The standard InChI is InChI=1S/C16H21N3/c1-11-5-6-12(2)13(9-11)14-7-8-18-15(19-14)16(3,4)10-17/h5-9H,10,17H2,1-4H3. The van der Waals surface area contributed by atoms with Crippen LogP contribution in [0.2, 0.25) is 0 Å². The highest BCUT2D eigenvalue weighted by Crippen LogP contribution is 2.25. The van der Waals surface area contributed by atoms with E-state index in [1.165, 1.54) is 11.1 Å². The minimum absolute atomic E-state index is 0.201. The van der Waals surface area contributed by atoms with Crippen LogP contribution in [-0.2, 0) is 5.41 Å². The van der Waals surface area contributed by atoms with Crippen LogP contribution in [0.1, 0.15) is 30.8 Å². The molecule has 3 nitrogen and oxygen atoms in total. The van der Waals surface area contributed by atoms with Crippen molar-refractivity contribution in [2.24, 2.45) is 5.73 Å². The van der Waals surface area contributed by atoms with Gasteiger partial charge in [0.05, 0.1) is 5.69 Å². The molecular weight excluding hydrogens is 234 g/mol. The second-order valence-electron chi connectivity index (χ2n) is 5.67. The lowest BCUT2D eigenvalue weighted by molar-refractivity contribution is 0.503. The SMILES string of the molecule is Cc1ccc(C)c(-c2ccnc(C(C)(C)CN)n2)c1. The number of rotatable bonds is 3. The van der Waals surface area contributed by atoms with E-state index in [9.17, 15) is 0 Å². The van der Waals surface area contributed by atoms with Gasteiger partial charge in [-0.1, -0.05) is 31.5 Å². The van der Waals surface area contributed by atoms with E-state index in [-0.39, 0.29) is 5.41 Å². The van der Waals surface area contributed by atoms with E-state index < -0.39 is 0 Å². The minimum atomic E-state index is -0.201. The predicted octanol–water partition coefficient (Wildman–Crippen LogP) is 3.00. The smallest absolute Gasteiger partial charge is 0.135 e. The molecule has 2 aromatic rings. The van der Waals surface area contributed by atoms with Gasteiger partial charge in [-0.3, -0.25) is 0 Å². The summed E-state index contributed by atoms with van der Waals surface area (Å²) in [6.45, 7) is 8.85. The lowest BCUT2D eigenvalue weighted by Crippen LogP contribution is -2.30. The number of aryl methyl sites for hydroxylation is 2. The second-order valence-corrected chi connectivity index (χ2v) is 5.67. The first-order valence-electron chi connectivity index (χ1n) is 6.55. The molecule has 0 fully saturated rings. The summed E-state index contributed by atoms with van der Waals surface area (Å²) in [6.07, 6.45) is 1.82. The molecule has 1 aromatic heterocycles. The molecule has 0 atom stereocenters. The van der Waals surface area contributed by atoms with Crippen LogP contribution < -0.4 is 5.73 Å². The summed E-state index contributed by atoms with van der Waals surface area (Å²) in [6, 6.07) is 8.36. The van der Waals surface area contributed by atoms with E-state index in [2.05, 4.69) is 50.9 Å². The fourth-order valence-electron chi connectivity index (χ4n) is 1.94. The minimum Gasteiger partial charge on any atom is -0.329 e. The Morgan fingerprint density at radius 2 is 1.89 bits per heavy atom. The number of benzene rings is 1. The summed E-state index contributed by atoms with van der Waals surface area (Å²) in [4.78, 5) is 9.06. The molecule has 100 valence electrons. The zero-order valence-corrected chi connectivity index (χ0v) is 12.1. The van der Waals surface area contributed by atoms with Crippen LogP contribution in [0.4, 0.5) is 0 Å². The van der Waals surface area contributed by atoms with Crippen LogP contribution >= 0.6 is 0 Å². The Morgan fingerprint density at radius 3 is 2.58 bits per heavy atom. The maximum absolute atomic E-state index is 5.80. The summed E-state index contributed by atoms with van der Waals surface area (Å²) in [7, 11) is 0. The zero-order valence-electron chi connectivity index (χ0n) is 12.1. The Kier molecular flexibility index (Phi) is 3.67. The summed E-state index contributed by atoms with van der Waals surface area (Å²) >= 11 is 0. The fourth-order valence-corrected chi connectivity index (χ4v) is 1.94. The molecule has 2 rings (SSSR count). The van der Waals surface area contributed by atoms with Crippen LogP contribution in [0.15, 0.2) is 30.5 Å². The van der Waals surface area contributed by atoms with Crippen molar-refractivity contribution in [3.8, 4) is 11.3 Å². The summed E-state index contributed by atoms with van der Waals surface area (Å²) < 4.78 is 0. The van der Waals surface area contributed by atoms with Gasteiger partial charge < -0.3 is 5.73 Å². The molecule has 0 saturated carbocycles. The van der Waals surface area contributed by atoms with Gasteiger partial charge in [0.15, 0.2) is 0 Å². The van der Waals surface area contributed by atoms with Crippen molar-refractivity contribution in [3.05, 3.63) is 47.4 Å². The average molecular weight is 255 g/mol. The average Bonchev–Trinajstić information content (AvgIpc) is 2.41. The van der Waals surface area contributed by atoms with Gasteiger partial charge in [0.1, 0.15) is 5.82 Å². The van der Waals surface area contributed by atoms with Crippen molar-refractivity contribution < 1.29 is 0 Å². The van der Waals surface area contributed by atoms with Gasteiger partial charge in [0, 0.05) is 23.7 Å². The molecule has 0 saturated heterocycles. The zero-order chi connectivity index (χ0) is 14.0. The highest BCUT2D eigenvalue weighted by molar-refractivity contribution is 5.64. The van der Waals surface area contributed by atoms with Crippen molar-refractivity contribution in [1.29, 1.82) is 0 Å². The van der Waals surface area contributed by atoms with Crippen LogP contribution in [-0.4, -0.2) is 16.5 Å². The molecule has 2 N–H and O–H groups in total. The highest BCUT2D eigenvalue weighted by atomic mass is 14.9. The molecule has 1 aromatic carbocycles. The Bertz CT molecular complexity index is 588. The van der Waals surface area contributed by atoms with E-state index >= 15 is 0 Å². The van der Waals surface area contributed by atoms with E-state index in [0.717, 1.165) is 17.1 Å². The summed E-state index contributed by atoms with van der Waals surface area (Å²) in [5.41, 5.74) is 10.2. The number of nitrogens with zero attached hydrogens (tertiary/aromatic N) is 2. The molecule has 0 bridgehead atoms. The largest absolute Gasteiger partial charge is 0.329 e. The van der Waals surface area contributed by atoms with E-state index in [1.807, 2.05) is 12.3 Å². The number of hydrogen-bond acceptors (Lipinski definition) is 3. The molecule has 0 aliphatic rings. The van der Waals surface area contributed by atoms with Crippen LogP contribution in [0.25, 0.3) is 11.3 Å². The van der Waals surface area contributed by atoms with Crippen molar-refractivity contribution in [3.63, 3.8) is 0 Å². The predicted molar refractivity (Wildman–Crippen MR) is 79.0 cm³/mol. The fraction of sp³-hybridized carbons (Fsp3) is 0.375. The van der Waals surface area contributed by atoms with E-state index in [0.29, 0.717) is 6.54 Å². The molecule has 0 amide bonds. The normalized spacial score (nSPS) is 11.6. The van der Waals surface area contributed by atoms with Gasteiger partial charge in [0.2, 0.25) is 0 Å². The molecule has 3 heteroatoms. The van der Waals surface area contributed by atoms with Crippen LogP contribution in [0.5, 0.6) is 0 Å². The third-order valence-corrected chi connectivity index (χ3v) is 3.44. The first-order valence-corrected chi connectivity index (χ1v) is 6.55. The first-order chi connectivity index (χ1) is 8.94. The summed E-state index contributed by atoms with van der Waals surface area (Å²) in [5.74, 6) is 0.799. The van der Waals surface area contributed by atoms with Crippen molar-refractivity contribution in [2.45, 2.75) is 33.1 Å². The van der Waals surface area contributed by atoms with E-state index in [4.69, 9.17) is 10.7 Å². The van der Waals surface area contributed by atoms with Gasteiger partial charge in [-0.2, -0.15) is 0 Å². The molecule has 0 unspecified atom stereocenters. The van der Waals surface area contributed by atoms with Gasteiger partial charge in [-0.25, -0.2) is 9.97 Å². The number of hydrogen-bond donors (Lipinski definition) is 1. The topological polar surface area (TPSA) is 51.8 Å². The molecule has 19 heavy (non-hydrogen) atoms. The summed E-state index contributed by atoms with van der Waals surface area (Å²) in [5, 5.41) is 0. The quantitative estimate of drug-likeness (QED) is 0.917. The van der Waals surface area contributed by atoms with Gasteiger partial charge in [0.25, 0.3) is 0 Å². The molecule has 0 spiro atoms.